The van der Waals surface area contributed by atoms with Crippen LogP contribution in [0.4, 0.5) is 0 Å². The highest BCUT2D eigenvalue weighted by Crippen LogP contribution is 2.44. The summed E-state index contributed by atoms with van der Waals surface area (Å²) >= 11 is 0. The average molecular weight is 194 g/mol. The summed E-state index contributed by atoms with van der Waals surface area (Å²) in [6.45, 7) is 2.56. The van der Waals surface area contributed by atoms with Crippen LogP contribution in [-0.4, -0.2) is 37.1 Å². The van der Waals surface area contributed by atoms with Crippen LogP contribution < -0.4 is 5.32 Å². The zero-order valence-corrected chi connectivity index (χ0v) is 9.21. The lowest BCUT2D eigenvalue weighted by molar-refractivity contribution is 0.312. The fourth-order valence-corrected chi connectivity index (χ4v) is 3.82. The maximum Gasteiger partial charge on any atom is 0.0209 e. The van der Waals surface area contributed by atoms with Crippen molar-refractivity contribution in [3.8, 4) is 0 Å². The molecule has 0 unspecified atom stereocenters. The second kappa shape index (κ2) is 3.49. The highest BCUT2D eigenvalue weighted by Gasteiger charge is 2.40. The van der Waals surface area contributed by atoms with E-state index in [2.05, 4.69) is 17.3 Å². The van der Waals surface area contributed by atoms with Gasteiger partial charge in [0.1, 0.15) is 0 Å². The molecule has 0 spiro atoms. The molecule has 3 fully saturated rings. The van der Waals surface area contributed by atoms with Gasteiger partial charge in [-0.1, -0.05) is 6.42 Å². The van der Waals surface area contributed by atoms with Gasteiger partial charge in [-0.15, -0.1) is 0 Å². The monoisotopic (exact) mass is 194 g/mol. The largest absolute Gasteiger partial charge is 0.310 e. The summed E-state index contributed by atoms with van der Waals surface area (Å²) in [5, 5.41) is 3.90. The van der Waals surface area contributed by atoms with Crippen LogP contribution in [0.5, 0.6) is 0 Å². The number of nitrogens with one attached hydrogen (secondary N) is 1. The predicted octanol–water partition coefficient (Wildman–Crippen LogP) is 1.47. The molecule has 0 amide bonds. The molecular weight excluding hydrogens is 172 g/mol. The number of hydrogen-bond donors (Lipinski definition) is 1. The van der Waals surface area contributed by atoms with Gasteiger partial charge in [0.05, 0.1) is 0 Å². The van der Waals surface area contributed by atoms with Crippen molar-refractivity contribution in [3.05, 3.63) is 0 Å². The number of nitrogens with zero attached hydrogens (tertiary/aromatic N) is 1. The molecule has 0 aromatic rings. The van der Waals surface area contributed by atoms with E-state index in [0.717, 1.165) is 23.9 Å². The third-order valence-corrected chi connectivity index (χ3v) is 4.58. The Morgan fingerprint density at radius 1 is 1.14 bits per heavy atom. The zero-order chi connectivity index (χ0) is 9.54. The van der Waals surface area contributed by atoms with Crippen LogP contribution in [0.15, 0.2) is 0 Å². The lowest BCUT2D eigenvalue weighted by atomic mass is 9.94. The number of likely N-dealkylation sites (tertiary alicyclic amines) is 1. The SMILES string of the molecule is CN1CC[C@@H](N[C@@H]2C[C@H]3CC[C@H]2C3)C1. The standard InChI is InChI=1S/C12H22N2/c1-14-5-4-11(8-14)13-12-7-9-2-3-10(12)6-9/h9-13H,2-8H2,1H3/t9-,10-,11+,12+/m0/s1. The highest BCUT2D eigenvalue weighted by molar-refractivity contribution is 4.96. The van der Waals surface area contributed by atoms with E-state index in [1.54, 1.807) is 0 Å². The first-order chi connectivity index (χ1) is 6.81. The van der Waals surface area contributed by atoms with E-state index in [0.29, 0.717) is 0 Å². The molecule has 3 aliphatic rings. The minimum Gasteiger partial charge on any atom is -0.310 e. The minimum absolute atomic E-state index is 0.796. The Kier molecular flexibility index (Phi) is 2.29. The minimum atomic E-state index is 0.796. The topological polar surface area (TPSA) is 15.3 Å². The van der Waals surface area contributed by atoms with Crippen LogP contribution in [0.1, 0.15) is 32.1 Å². The van der Waals surface area contributed by atoms with Gasteiger partial charge >= 0.3 is 0 Å². The first kappa shape index (κ1) is 9.17. The Bertz CT molecular complexity index is 216. The van der Waals surface area contributed by atoms with Crippen molar-refractivity contribution in [1.29, 1.82) is 0 Å². The molecule has 3 rings (SSSR count). The van der Waals surface area contributed by atoms with Crippen molar-refractivity contribution in [2.24, 2.45) is 11.8 Å². The average Bonchev–Trinajstić information content (AvgIpc) is 2.82. The molecule has 1 saturated heterocycles. The molecular formula is C12H22N2. The summed E-state index contributed by atoms with van der Waals surface area (Å²) < 4.78 is 0. The lowest BCUT2D eigenvalue weighted by Crippen LogP contribution is -2.42. The van der Waals surface area contributed by atoms with E-state index >= 15 is 0 Å². The van der Waals surface area contributed by atoms with Crippen molar-refractivity contribution >= 4 is 0 Å². The second-order valence-corrected chi connectivity index (χ2v) is 5.70. The Balaban J connectivity index is 1.53. The predicted molar refractivity (Wildman–Crippen MR) is 58.3 cm³/mol. The molecule has 2 heteroatoms. The molecule has 1 heterocycles. The molecule has 2 bridgehead atoms. The lowest BCUT2D eigenvalue weighted by Gasteiger charge is -2.26. The van der Waals surface area contributed by atoms with Gasteiger partial charge in [0.15, 0.2) is 0 Å². The molecule has 0 aromatic heterocycles. The fourth-order valence-electron chi connectivity index (χ4n) is 3.82. The number of hydrogen-bond acceptors (Lipinski definition) is 2. The third-order valence-electron chi connectivity index (χ3n) is 4.58. The normalized spacial score (nSPS) is 47.8. The van der Waals surface area contributed by atoms with Crippen LogP contribution in [0.25, 0.3) is 0 Å². The molecule has 0 aromatic carbocycles. The Morgan fingerprint density at radius 2 is 2.07 bits per heavy atom. The molecule has 1 N–H and O–H groups in total. The van der Waals surface area contributed by atoms with Crippen LogP contribution in [-0.2, 0) is 0 Å². The number of rotatable bonds is 2. The van der Waals surface area contributed by atoms with Crippen molar-refractivity contribution in [1.82, 2.24) is 10.2 Å². The smallest absolute Gasteiger partial charge is 0.0209 e. The van der Waals surface area contributed by atoms with Crippen LogP contribution >= 0.6 is 0 Å². The third kappa shape index (κ3) is 1.59. The molecule has 2 saturated carbocycles. The Hall–Kier alpha value is -0.0800. The van der Waals surface area contributed by atoms with Crippen LogP contribution in [0, 0.1) is 11.8 Å². The number of fused-ring (bicyclic) bond motifs is 2. The maximum atomic E-state index is 3.90. The zero-order valence-electron chi connectivity index (χ0n) is 9.21. The van der Waals surface area contributed by atoms with Gasteiger partial charge in [0.2, 0.25) is 0 Å². The van der Waals surface area contributed by atoms with Gasteiger partial charge in [0.25, 0.3) is 0 Å². The summed E-state index contributed by atoms with van der Waals surface area (Å²) in [6, 6.07) is 1.68. The molecule has 2 aliphatic carbocycles. The van der Waals surface area contributed by atoms with E-state index in [1.807, 2.05) is 0 Å². The van der Waals surface area contributed by atoms with Gasteiger partial charge < -0.3 is 10.2 Å². The Morgan fingerprint density at radius 3 is 2.64 bits per heavy atom. The molecule has 1 aliphatic heterocycles. The van der Waals surface area contributed by atoms with Gasteiger partial charge in [-0.25, -0.2) is 0 Å². The van der Waals surface area contributed by atoms with Crippen molar-refractivity contribution < 1.29 is 0 Å². The first-order valence-electron chi connectivity index (χ1n) is 6.26. The summed E-state index contributed by atoms with van der Waals surface area (Å²) in [6.07, 6.45) is 7.40. The van der Waals surface area contributed by atoms with E-state index in [-0.39, 0.29) is 0 Å². The van der Waals surface area contributed by atoms with Gasteiger partial charge in [-0.2, -0.15) is 0 Å². The summed E-state index contributed by atoms with van der Waals surface area (Å²) in [7, 11) is 2.24. The van der Waals surface area contributed by atoms with Crippen molar-refractivity contribution in [3.63, 3.8) is 0 Å². The van der Waals surface area contributed by atoms with Gasteiger partial charge in [-0.3, -0.25) is 0 Å². The molecule has 80 valence electrons. The van der Waals surface area contributed by atoms with Crippen LogP contribution in [0.3, 0.4) is 0 Å². The highest BCUT2D eigenvalue weighted by atomic mass is 15.2. The van der Waals surface area contributed by atoms with E-state index in [9.17, 15) is 0 Å². The second-order valence-electron chi connectivity index (χ2n) is 5.70. The quantitative estimate of drug-likeness (QED) is 0.716. The van der Waals surface area contributed by atoms with E-state index < -0.39 is 0 Å². The van der Waals surface area contributed by atoms with E-state index in [1.165, 1.54) is 45.2 Å². The van der Waals surface area contributed by atoms with Gasteiger partial charge in [0, 0.05) is 18.6 Å². The maximum absolute atomic E-state index is 3.90. The molecule has 2 nitrogen and oxygen atoms in total. The fraction of sp³-hybridized carbons (Fsp3) is 1.00. The van der Waals surface area contributed by atoms with Gasteiger partial charge in [-0.05, 0) is 51.1 Å². The molecule has 14 heavy (non-hydrogen) atoms. The van der Waals surface area contributed by atoms with E-state index in [4.69, 9.17) is 0 Å². The summed E-state index contributed by atoms with van der Waals surface area (Å²) in [4.78, 5) is 2.45. The van der Waals surface area contributed by atoms with Crippen molar-refractivity contribution in [2.75, 3.05) is 20.1 Å². The summed E-state index contributed by atoms with van der Waals surface area (Å²) in [5.74, 6) is 2.11. The number of likely N-dealkylation sites (N-methyl/N-ethyl adjacent to an activating group) is 1. The van der Waals surface area contributed by atoms with Crippen LogP contribution in [0.2, 0.25) is 0 Å². The summed E-state index contributed by atoms with van der Waals surface area (Å²) in [5.41, 5.74) is 0. The molecule has 0 radical (unpaired) electrons. The Labute approximate surface area is 87.0 Å². The molecule has 4 atom stereocenters. The van der Waals surface area contributed by atoms with Crippen molar-refractivity contribution in [2.45, 2.75) is 44.2 Å². The first-order valence-corrected chi connectivity index (χ1v) is 6.26.